The van der Waals surface area contributed by atoms with Crippen LogP contribution in [0.3, 0.4) is 0 Å². The Kier molecular flexibility index (Phi) is 4.59. The number of carbonyl (C=O) groups is 1. The smallest absolute Gasteiger partial charge is 0.253 e. The molecule has 0 aliphatic heterocycles. The van der Waals surface area contributed by atoms with Crippen LogP contribution in [0.1, 0.15) is 17.3 Å². The Balaban J connectivity index is 2.80. The third-order valence-corrected chi connectivity index (χ3v) is 3.66. The Morgan fingerprint density at radius 1 is 1.50 bits per heavy atom. The number of nitrogen functional groups attached to an aromatic ring is 1. The molecule has 100 valence electrons. The number of anilines is 1. The highest BCUT2D eigenvalue weighted by Gasteiger charge is 2.16. The molecule has 1 aromatic carbocycles. The van der Waals surface area contributed by atoms with E-state index in [4.69, 9.17) is 17.3 Å². The Hall–Kier alpha value is -1.27. The zero-order valence-electron chi connectivity index (χ0n) is 10.1. The maximum absolute atomic E-state index is 11.9. The van der Waals surface area contributed by atoms with Crippen molar-refractivity contribution in [2.45, 2.75) is 13.0 Å². The number of nitrogens with one attached hydrogen (secondary N) is 1. The maximum atomic E-state index is 11.9. The van der Waals surface area contributed by atoms with Crippen LogP contribution >= 0.6 is 11.6 Å². The van der Waals surface area contributed by atoms with Crippen molar-refractivity contribution in [3.63, 3.8) is 0 Å². The average molecular weight is 291 g/mol. The van der Waals surface area contributed by atoms with E-state index in [1.54, 1.807) is 19.1 Å². The van der Waals surface area contributed by atoms with Gasteiger partial charge in [0, 0.05) is 12.3 Å². The molecule has 5 nitrogen and oxygen atoms in total. The first-order valence-electron chi connectivity index (χ1n) is 5.23. The zero-order chi connectivity index (χ0) is 13.9. The molecule has 0 heterocycles. The van der Waals surface area contributed by atoms with Gasteiger partial charge in [0.15, 0.2) is 0 Å². The van der Waals surface area contributed by atoms with Crippen LogP contribution in [0.4, 0.5) is 5.69 Å². The molecule has 1 rings (SSSR count). The topological polar surface area (TPSA) is 89.3 Å². The lowest BCUT2D eigenvalue weighted by molar-refractivity contribution is 0.0944. The highest BCUT2D eigenvalue weighted by atomic mass is 35.5. The first-order valence-corrected chi connectivity index (χ1v) is 7.67. The van der Waals surface area contributed by atoms with Crippen LogP contribution in [-0.4, -0.2) is 32.4 Å². The van der Waals surface area contributed by atoms with Gasteiger partial charge < -0.3 is 11.1 Å². The van der Waals surface area contributed by atoms with E-state index in [1.165, 1.54) is 6.07 Å². The van der Waals surface area contributed by atoms with Gasteiger partial charge >= 0.3 is 0 Å². The summed E-state index contributed by atoms with van der Waals surface area (Å²) >= 11 is 5.80. The standard InChI is InChI=1S/C11H15ClN2O3S/c1-7(6-18(2,16)17)14-11(15)8-4-3-5-9(12)10(8)13/h3-5,7H,6,13H2,1-2H3,(H,14,15). The van der Waals surface area contributed by atoms with Crippen molar-refractivity contribution >= 4 is 33.0 Å². The van der Waals surface area contributed by atoms with Crippen molar-refractivity contribution in [3.05, 3.63) is 28.8 Å². The van der Waals surface area contributed by atoms with Crippen LogP contribution in [-0.2, 0) is 9.84 Å². The summed E-state index contributed by atoms with van der Waals surface area (Å²) in [7, 11) is -3.14. The minimum atomic E-state index is -3.14. The van der Waals surface area contributed by atoms with Gasteiger partial charge in [0.2, 0.25) is 0 Å². The zero-order valence-corrected chi connectivity index (χ0v) is 11.7. The number of hydrogen-bond donors (Lipinski definition) is 2. The molecule has 0 saturated heterocycles. The molecule has 1 unspecified atom stereocenters. The Morgan fingerprint density at radius 2 is 2.11 bits per heavy atom. The van der Waals surface area contributed by atoms with Crippen molar-refractivity contribution in [1.82, 2.24) is 5.32 Å². The number of rotatable bonds is 4. The Bertz CT molecular complexity index is 557. The van der Waals surface area contributed by atoms with Gasteiger partial charge in [-0.3, -0.25) is 4.79 Å². The van der Waals surface area contributed by atoms with E-state index in [2.05, 4.69) is 5.32 Å². The maximum Gasteiger partial charge on any atom is 0.253 e. The number of para-hydroxylation sites is 1. The van der Waals surface area contributed by atoms with Crippen LogP contribution in [0.15, 0.2) is 18.2 Å². The number of benzene rings is 1. The summed E-state index contributed by atoms with van der Waals surface area (Å²) in [6.45, 7) is 1.61. The summed E-state index contributed by atoms with van der Waals surface area (Å²) in [6.07, 6.45) is 1.11. The molecule has 0 aliphatic carbocycles. The Morgan fingerprint density at radius 3 is 2.67 bits per heavy atom. The average Bonchev–Trinajstić information content (AvgIpc) is 2.18. The lowest BCUT2D eigenvalue weighted by atomic mass is 10.1. The van der Waals surface area contributed by atoms with E-state index in [0.717, 1.165) is 6.26 Å². The summed E-state index contributed by atoms with van der Waals surface area (Å²) in [5, 5.41) is 2.85. The van der Waals surface area contributed by atoms with E-state index in [9.17, 15) is 13.2 Å². The second kappa shape index (κ2) is 5.58. The van der Waals surface area contributed by atoms with Crippen LogP contribution in [0.25, 0.3) is 0 Å². The van der Waals surface area contributed by atoms with E-state index in [1.807, 2.05) is 0 Å². The van der Waals surface area contributed by atoms with Gasteiger partial charge in [0.05, 0.1) is 22.0 Å². The lowest BCUT2D eigenvalue weighted by Crippen LogP contribution is -2.37. The fourth-order valence-electron chi connectivity index (χ4n) is 1.53. The SMILES string of the molecule is CC(CS(C)(=O)=O)NC(=O)c1cccc(Cl)c1N. The molecule has 0 radical (unpaired) electrons. The van der Waals surface area contributed by atoms with Gasteiger partial charge in [-0.25, -0.2) is 8.42 Å². The molecule has 0 fully saturated rings. The van der Waals surface area contributed by atoms with Crippen molar-refractivity contribution in [3.8, 4) is 0 Å². The van der Waals surface area contributed by atoms with Crippen LogP contribution in [0, 0.1) is 0 Å². The quantitative estimate of drug-likeness (QED) is 0.812. The fraction of sp³-hybridized carbons (Fsp3) is 0.364. The molecule has 0 spiro atoms. The minimum Gasteiger partial charge on any atom is -0.397 e. The summed E-state index contributed by atoms with van der Waals surface area (Å²) in [5.41, 5.74) is 6.10. The molecule has 0 aliphatic rings. The van der Waals surface area contributed by atoms with E-state index < -0.39 is 21.8 Å². The number of nitrogens with two attached hydrogens (primary N) is 1. The normalized spacial score (nSPS) is 13.1. The second-order valence-electron chi connectivity index (χ2n) is 4.17. The Labute approximate surface area is 111 Å². The first kappa shape index (κ1) is 14.8. The van der Waals surface area contributed by atoms with Crippen LogP contribution in [0.5, 0.6) is 0 Å². The van der Waals surface area contributed by atoms with Gasteiger partial charge in [-0.2, -0.15) is 0 Å². The third kappa shape index (κ3) is 4.19. The summed E-state index contributed by atoms with van der Waals surface area (Å²) in [6, 6.07) is 4.22. The summed E-state index contributed by atoms with van der Waals surface area (Å²) < 4.78 is 22.2. The number of sulfone groups is 1. The minimum absolute atomic E-state index is 0.126. The van der Waals surface area contributed by atoms with Crippen LogP contribution in [0.2, 0.25) is 5.02 Å². The van der Waals surface area contributed by atoms with Gasteiger partial charge in [-0.15, -0.1) is 0 Å². The van der Waals surface area contributed by atoms with Crippen molar-refractivity contribution in [2.24, 2.45) is 0 Å². The van der Waals surface area contributed by atoms with Crippen molar-refractivity contribution in [2.75, 3.05) is 17.7 Å². The highest BCUT2D eigenvalue weighted by Crippen LogP contribution is 2.22. The highest BCUT2D eigenvalue weighted by molar-refractivity contribution is 7.90. The van der Waals surface area contributed by atoms with Crippen LogP contribution < -0.4 is 11.1 Å². The molecular formula is C11H15ClN2O3S. The monoisotopic (exact) mass is 290 g/mol. The molecule has 3 N–H and O–H groups in total. The predicted octanol–water partition coefficient (Wildman–Crippen LogP) is 1.09. The number of carbonyl (C=O) groups excluding carboxylic acids is 1. The molecule has 1 atom stereocenters. The van der Waals surface area contributed by atoms with Crippen molar-refractivity contribution in [1.29, 1.82) is 0 Å². The van der Waals surface area contributed by atoms with Gasteiger partial charge in [0.1, 0.15) is 9.84 Å². The van der Waals surface area contributed by atoms with E-state index in [-0.39, 0.29) is 17.0 Å². The molecule has 7 heteroatoms. The van der Waals surface area contributed by atoms with Gasteiger partial charge in [-0.1, -0.05) is 17.7 Å². The fourth-order valence-corrected chi connectivity index (χ4v) is 2.70. The summed E-state index contributed by atoms with van der Waals surface area (Å²) in [5.74, 6) is -0.565. The predicted molar refractivity (Wildman–Crippen MR) is 72.5 cm³/mol. The van der Waals surface area contributed by atoms with E-state index in [0.29, 0.717) is 5.02 Å². The lowest BCUT2D eigenvalue weighted by Gasteiger charge is -2.14. The molecular weight excluding hydrogens is 276 g/mol. The number of amides is 1. The summed E-state index contributed by atoms with van der Waals surface area (Å²) in [4.78, 5) is 11.9. The molecule has 1 aromatic rings. The molecule has 0 aromatic heterocycles. The van der Waals surface area contributed by atoms with Gasteiger partial charge in [0.25, 0.3) is 5.91 Å². The largest absolute Gasteiger partial charge is 0.397 e. The molecule has 1 amide bonds. The number of hydrogen-bond acceptors (Lipinski definition) is 4. The first-order chi connectivity index (χ1) is 8.20. The molecule has 0 saturated carbocycles. The van der Waals surface area contributed by atoms with E-state index >= 15 is 0 Å². The molecule has 0 bridgehead atoms. The number of halogens is 1. The van der Waals surface area contributed by atoms with Crippen molar-refractivity contribution < 1.29 is 13.2 Å². The molecule has 18 heavy (non-hydrogen) atoms. The van der Waals surface area contributed by atoms with Gasteiger partial charge in [-0.05, 0) is 19.1 Å². The third-order valence-electron chi connectivity index (χ3n) is 2.23. The second-order valence-corrected chi connectivity index (χ2v) is 6.76.